The first-order valence-electron chi connectivity index (χ1n) is 25.9. The van der Waals surface area contributed by atoms with Crippen LogP contribution in [0.25, 0.3) is 11.0 Å². The number of nitrogens with zero attached hydrogens (tertiary/aromatic N) is 6. The minimum absolute atomic E-state index is 0.0320. The van der Waals surface area contributed by atoms with Gasteiger partial charge in [-0.15, -0.1) is 0 Å². The molecule has 2 aliphatic carbocycles. The van der Waals surface area contributed by atoms with Crippen LogP contribution in [-0.4, -0.2) is 107 Å². The minimum Gasteiger partial charge on any atom is -0.481 e. The maximum Gasteiger partial charge on any atom is 0.293 e. The summed E-state index contributed by atoms with van der Waals surface area (Å²) in [6, 6.07) is 26.1. The van der Waals surface area contributed by atoms with Crippen LogP contribution in [0.1, 0.15) is 111 Å². The fourth-order valence-corrected chi connectivity index (χ4v) is 12.8. The smallest absolute Gasteiger partial charge is 0.293 e. The van der Waals surface area contributed by atoms with Gasteiger partial charge in [-0.1, -0.05) is 44.2 Å². The molecule has 1 unspecified atom stereocenters. The van der Waals surface area contributed by atoms with Crippen molar-refractivity contribution in [1.29, 1.82) is 0 Å². The molecule has 10 rings (SSSR count). The monoisotopic (exact) mass is 1030 g/mol. The molecule has 4 aliphatic rings. The number of nitro benzene ring substituents is 1. The van der Waals surface area contributed by atoms with Crippen molar-refractivity contribution in [2.45, 2.75) is 107 Å². The Bertz CT molecular complexity index is 3100. The summed E-state index contributed by atoms with van der Waals surface area (Å²) < 4.78 is 41.6. The standard InChI is InChI=1S/C56H67N9O8S/c1-37(2)45-7-5-6-8-46(45)50-36-62(35-39-9-14-52(72-4)59-33-39)25-26-64(50)42-30-56(31-42)20-23-63(24-21-56)41-10-12-47(51(28-41)73-43-27-40-17-22-57-53(40)60-34-43)54(66)61-74(70,71)44-11-13-48(49(29-44)65(68)69)58-32-38-15-18-55(3,67)19-16-38/h5-14,17,22,27-29,33-34,37-38,42,50,58,67H,15-16,18-21,23-26,30-32,35-36H2,1-4H3,(H,57,60)(H,61,66). The molecule has 18 heteroatoms. The van der Waals surface area contributed by atoms with E-state index in [9.17, 15) is 28.4 Å². The Labute approximate surface area is 432 Å². The summed E-state index contributed by atoms with van der Waals surface area (Å²) in [5.41, 5.74) is 4.71. The molecule has 390 valence electrons. The predicted molar refractivity (Wildman–Crippen MR) is 284 cm³/mol. The van der Waals surface area contributed by atoms with Gasteiger partial charge in [-0.3, -0.25) is 24.7 Å². The molecular weight excluding hydrogens is 959 g/mol. The second kappa shape index (κ2) is 21.0. The van der Waals surface area contributed by atoms with Crippen LogP contribution in [0.15, 0.2) is 108 Å². The maximum absolute atomic E-state index is 14.1. The number of methoxy groups -OCH3 is 1. The van der Waals surface area contributed by atoms with Crippen LogP contribution in [0.4, 0.5) is 17.1 Å². The molecule has 3 aromatic carbocycles. The topological polar surface area (TPSA) is 208 Å². The van der Waals surface area contributed by atoms with Gasteiger partial charge in [0.2, 0.25) is 5.88 Å². The molecule has 0 radical (unpaired) electrons. The Balaban J connectivity index is 0.830. The van der Waals surface area contributed by atoms with Gasteiger partial charge in [0.15, 0.2) is 0 Å². The van der Waals surface area contributed by atoms with Crippen LogP contribution >= 0.6 is 0 Å². The molecule has 2 saturated carbocycles. The number of amides is 1. The quantitative estimate of drug-likeness (QED) is 0.0526. The highest BCUT2D eigenvalue weighted by Crippen LogP contribution is 2.53. The molecule has 0 bridgehead atoms. The summed E-state index contributed by atoms with van der Waals surface area (Å²) in [6.07, 6.45) is 12.3. The first-order valence-corrected chi connectivity index (χ1v) is 27.4. The lowest BCUT2D eigenvalue weighted by Crippen LogP contribution is -2.60. The Morgan fingerprint density at radius 1 is 0.946 bits per heavy atom. The minimum atomic E-state index is -4.59. The van der Waals surface area contributed by atoms with Crippen LogP contribution in [0, 0.1) is 21.4 Å². The lowest BCUT2D eigenvalue weighted by atomic mass is 9.59. The van der Waals surface area contributed by atoms with Crippen LogP contribution in [0.2, 0.25) is 0 Å². The number of H-pyrrole nitrogens is 1. The van der Waals surface area contributed by atoms with Crippen molar-refractivity contribution in [2.75, 3.05) is 56.6 Å². The number of rotatable bonds is 16. The molecule has 74 heavy (non-hydrogen) atoms. The molecular formula is C56H67N9O8S. The normalized spacial score (nSPS) is 21.6. The number of aromatic amines is 1. The molecule has 4 N–H and O–H groups in total. The van der Waals surface area contributed by atoms with Crippen LogP contribution in [-0.2, 0) is 16.6 Å². The fourth-order valence-electron chi connectivity index (χ4n) is 11.8. The first kappa shape index (κ1) is 50.9. The Morgan fingerprint density at radius 2 is 1.73 bits per heavy atom. The SMILES string of the molecule is COc1ccc(CN2CCN(C3CC4(CCN(c5ccc(C(=O)NS(=O)(=O)c6ccc(NCC7CCC(C)(O)CC7)c([N+](=O)[O-])c6)c(Oc6cnc7[nH]ccc7c6)c5)CC4)C3)C(c3ccccc3C(C)C)C2)cn1. The predicted octanol–water partition coefficient (Wildman–Crippen LogP) is 9.57. The number of aliphatic hydroxyl groups is 1. The zero-order chi connectivity index (χ0) is 51.8. The number of anilines is 2. The van der Waals surface area contributed by atoms with Crippen molar-refractivity contribution in [1.82, 2.24) is 29.5 Å². The van der Waals surface area contributed by atoms with Gasteiger partial charge in [-0.2, -0.15) is 0 Å². The zero-order valence-corrected chi connectivity index (χ0v) is 43.4. The number of carbonyl (C=O) groups excluding carboxylic acids is 1. The number of ether oxygens (including phenoxy) is 2. The highest BCUT2D eigenvalue weighted by Gasteiger charge is 2.50. The second-order valence-electron chi connectivity index (χ2n) is 21.6. The number of piperazine rings is 1. The van der Waals surface area contributed by atoms with Crippen molar-refractivity contribution >= 4 is 44.0 Å². The third-order valence-corrected chi connectivity index (χ3v) is 17.5. The summed E-state index contributed by atoms with van der Waals surface area (Å²) in [5.74, 6) is 0.766. The van der Waals surface area contributed by atoms with Gasteiger partial charge >= 0.3 is 0 Å². The average Bonchev–Trinajstić information content (AvgIpc) is 3.86. The van der Waals surface area contributed by atoms with Crippen molar-refractivity contribution < 1.29 is 32.7 Å². The number of pyridine rings is 2. The molecule has 5 heterocycles. The van der Waals surface area contributed by atoms with E-state index in [-0.39, 0.29) is 34.4 Å². The molecule has 1 atom stereocenters. The summed E-state index contributed by atoms with van der Waals surface area (Å²) in [7, 11) is -2.95. The van der Waals surface area contributed by atoms with E-state index in [1.165, 1.54) is 28.8 Å². The molecule has 1 amide bonds. The fraction of sp³-hybridized carbons (Fsp3) is 0.446. The number of nitrogens with one attached hydrogen (secondary N) is 3. The number of aromatic nitrogens is 3. The number of hydrogen-bond donors (Lipinski definition) is 4. The van der Waals surface area contributed by atoms with E-state index in [1.807, 2.05) is 31.3 Å². The number of sulfonamides is 1. The highest BCUT2D eigenvalue weighted by molar-refractivity contribution is 7.90. The van der Waals surface area contributed by atoms with Gasteiger partial charge in [0.25, 0.3) is 21.6 Å². The molecule has 4 fully saturated rings. The van der Waals surface area contributed by atoms with Gasteiger partial charge < -0.3 is 29.8 Å². The number of piperidine rings is 1. The van der Waals surface area contributed by atoms with Crippen molar-refractivity contribution in [3.8, 4) is 17.4 Å². The highest BCUT2D eigenvalue weighted by atomic mass is 32.2. The van der Waals surface area contributed by atoms with E-state index >= 15 is 0 Å². The third-order valence-electron chi connectivity index (χ3n) is 16.2. The number of fused-ring (bicyclic) bond motifs is 1. The van der Waals surface area contributed by atoms with E-state index in [0.717, 1.165) is 94.9 Å². The summed E-state index contributed by atoms with van der Waals surface area (Å²) >= 11 is 0. The third kappa shape index (κ3) is 11.1. The van der Waals surface area contributed by atoms with E-state index in [1.54, 1.807) is 37.7 Å². The van der Waals surface area contributed by atoms with Crippen LogP contribution in [0.5, 0.6) is 17.4 Å². The molecule has 17 nitrogen and oxygen atoms in total. The van der Waals surface area contributed by atoms with Gasteiger partial charge in [0.05, 0.1) is 34.3 Å². The lowest BCUT2D eigenvalue weighted by molar-refractivity contribution is -0.384. The molecule has 3 aromatic heterocycles. The Kier molecular flexibility index (Phi) is 14.4. The lowest BCUT2D eigenvalue weighted by Gasteiger charge is -2.58. The Morgan fingerprint density at radius 3 is 2.46 bits per heavy atom. The maximum atomic E-state index is 14.1. The average molecular weight is 1030 g/mol. The van der Waals surface area contributed by atoms with Crippen molar-refractivity contribution in [3.05, 3.63) is 136 Å². The van der Waals surface area contributed by atoms with E-state index in [2.05, 4.69) is 83.9 Å². The van der Waals surface area contributed by atoms with E-state index in [4.69, 9.17) is 9.47 Å². The molecule has 6 aromatic rings. The molecule has 1 spiro atoms. The number of nitro groups is 1. The first-order chi connectivity index (χ1) is 35.5. The Hall–Kier alpha value is -6.60. The number of carbonyl (C=O) groups is 1. The van der Waals surface area contributed by atoms with Gasteiger partial charge in [-0.25, -0.2) is 23.1 Å². The summed E-state index contributed by atoms with van der Waals surface area (Å²) in [5, 5.41) is 26.5. The second-order valence-corrected chi connectivity index (χ2v) is 23.3. The van der Waals surface area contributed by atoms with Crippen molar-refractivity contribution in [3.63, 3.8) is 0 Å². The van der Waals surface area contributed by atoms with Gasteiger partial charge in [-0.05, 0) is 129 Å². The van der Waals surface area contributed by atoms with Gasteiger partial charge in [0, 0.05) is 99.6 Å². The van der Waals surface area contributed by atoms with E-state index in [0.29, 0.717) is 48.6 Å². The molecule has 2 aliphatic heterocycles. The largest absolute Gasteiger partial charge is 0.481 e. The van der Waals surface area contributed by atoms with Crippen molar-refractivity contribution in [2.24, 2.45) is 11.3 Å². The molecule has 2 saturated heterocycles. The van der Waals surface area contributed by atoms with Crippen LogP contribution in [0.3, 0.4) is 0 Å². The van der Waals surface area contributed by atoms with Gasteiger partial charge in [0.1, 0.15) is 22.8 Å². The summed E-state index contributed by atoms with van der Waals surface area (Å²) in [6.45, 7) is 12.2. The van der Waals surface area contributed by atoms with E-state index < -0.39 is 37.0 Å². The van der Waals surface area contributed by atoms with Crippen LogP contribution < -0.4 is 24.4 Å². The number of benzene rings is 3. The summed E-state index contributed by atoms with van der Waals surface area (Å²) in [4.78, 5) is 44.9. The zero-order valence-electron chi connectivity index (χ0n) is 42.6. The number of hydrogen-bond acceptors (Lipinski definition) is 14.